The summed E-state index contributed by atoms with van der Waals surface area (Å²) in [6, 6.07) is 10.9. The van der Waals surface area contributed by atoms with Crippen LogP contribution in [-0.4, -0.2) is 23.0 Å². The number of benzene rings is 1. The maximum absolute atomic E-state index is 12.3. The van der Waals surface area contributed by atoms with Crippen molar-refractivity contribution < 1.29 is 13.9 Å². The van der Waals surface area contributed by atoms with Crippen LogP contribution >= 0.6 is 0 Å². The van der Waals surface area contributed by atoms with Gasteiger partial charge < -0.3 is 14.5 Å². The minimum absolute atomic E-state index is 0.119. The highest BCUT2D eigenvalue weighted by Crippen LogP contribution is 2.24. The molecule has 0 unspecified atom stereocenters. The van der Waals surface area contributed by atoms with E-state index in [4.69, 9.17) is 9.15 Å². The molecule has 0 saturated heterocycles. The van der Waals surface area contributed by atoms with Gasteiger partial charge in [-0.05, 0) is 31.2 Å². The third-order valence-electron chi connectivity index (χ3n) is 3.51. The number of para-hydroxylation sites is 2. The first-order valence-electron chi connectivity index (χ1n) is 7.47. The van der Waals surface area contributed by atoms with Gasteiger partial charge in [-0.3, -0.25) is 9.78 Å². The van der Waals surface area contributed by atoms with Gasteiger partial charge >= 0.3 is 0 Å². The molecule has 0 aliphatic carbocycles. The van der Waals surface area contributed by atoms with Gasteiger partial charge in [-0.15, -0.1) is 0 Å². The number of hydrogen-bond acceptors (Lipinski definition) is 5. The zero-order valence-electron chi connectivity index (χ0n) is 13.4. The lowest BCUT2D eigenvalue weighted by molar-refractivity contribution is -0.115. The number of amides is 1. The monoisotopic (exact) mass is 323 g/mol. The van der Waals surface area contributed by atoms with Crippen LogP contribution < -0.4 is 10.1 Å². The van der Waals surface area contributed by atoms with Crippen molar-refractivity contribution >= 4 is 11.6 Å². The number of carbonyl (C=O) groups excluding carboxylic acids is 1. The molecule has 0 spiro atoms. The Labute approximate surface area is 139 Å². The number of oxazole rings is 1. The first kappa shape index (κ1) is 15.7. The van der Waals surface area contributed by atoms with Gasteiger partial charge in [-0.25, -0.2) is 4.98 Å². The first-order valence-corrected chi connectivity index (χ1v) is 7.47. The van der Waals surface area contributed by atoms with Crippen LogP contribution in [0.1, 0.15) is 11.5 Å². The predicted molar refractivity (Wildman–Crippen MR) is 89.8 cm³/mol. The quantitative estimate of drug-likeness (QED) is 0.780. The molecule has 0 saturated carbocycles. The summed E-state index contributed by atoms with van der Waals surface area (Å²) in [7, 11) is 1.56. The Bertz CT molecular complexity index is 844. The molecule has 0 aliphatic rings. The Morgan fingerprint density at radius 3 is 2.83 bits per heavy atom. The number of methoxy groups -OCH3 is 1. The number of anilines is 1. The van der Waals surface area contributed by atoms with Crippen molar-refractivity contribution in [3.8, 4) is 17.2 Å². The molecule has 0 bridgehead atoms. The van der Waals surface area contributed by atoms with Crippen molar-refractivity contribution in [3.05, 3.63) is 60.2 Å². The van der Waals surface area contributed by atoms with Crippen molar-refractivity contribution in [2.75, 3.05) is 12.4 Å². The molecule has 0 aliphatic heterocycles. The predicted octanol–water partition coefficient (Wildman–Crippen LogP) is 3.23. The van der Waals surface area contributed by atoms with Crippen molar-refractivity contribution in [1.29, 1.82) is 0 Å². The number of hydrogen-bond donors (Lipinski definition) is 1. The summed E-state index contributed by atoms with van der Waals surface area (Å²) in [5.74, 6) is 1.50. The second kappa shape index (κ2) is 6.95. The van der Waals surface area contributed by atoms with Crippen LogP contribution in [0.2, 0.25) is 0 Å². The maximum Gasteiger partial charge on any atom is 0.230 e. The van der Waals surface area contributed by atoms with Gasteiger partial charge in [0, 0.05) is 12.4 Å². The zero-order valence-corrected chi connectivity index (χ0v) is 13.4. The van der Waals surface area contributed by atoms with Gasteiger partial charge in [0.15, 0.2) is 0 Å². The summed E-state index contributed by atoms with van der Waals surface area (Å²) in [5, 5.41) is 2.83. The smallest absolute Gasteiger partial charge is 0.230 e. The van der Waals surface area contributed by atoms with Crippen molar-refractivity contribution in [3.63, 3.8) is 0 Å². The maximum atomic E-state index is 12.3. The normalized spacial score (nSPS) is 10.4. The molecular formula is C18H17N3O3. The fourth-order valence-corrected chi connectivity index (χ4v) is 2.30. The van der Waals surface area contributed by atoms with Gasteiger partial charge in [0.2, 0.25) is 11.8 Å². The van der Waals surface area contributed by atoms with E-state index in [0.29, 0.717) is 28.8 Å². The summed E-state index contributed by atoms with van der Waals surface area (Å²) < 4.78 is 10.9. The molecule has 3 aromatic rings. The number of rotatable bonds is 5. The number of nitrogens with one attached hydrogen (secondary N) is 1. The fraction of sp³-hybridized carbons (Fsp3) is 0.167. The average Bonchev–Trinajstić information content (AvgIpc) is 2.97. The second-order valence-corrected chi connectivity index (χ2v) is 5.19. The number of aryl methyl sites for hydroxylation is 1. The molecule has 24 heavy (non-hydrogen) atoms. The van der Waals surface area contributed by atoms with Gasteiger partial charge in [-0.2, -0.15) is 0 Å². The van der Waals surface area contributed by atoms with E-state index in [-0.39, 0.29) is 12.3 Å². The lowest BCUT2D eigenvalue weighted by Gasteiger charge is -2.09. The molecule has 6 nitrogen and oxygen atoms in total. The highest BCUT2D eigenvalue weighted by Gasteiger charge is 2.15. The van der Waals surface area contributed by atoms with Crippen LogP contribution in [0.3, 0.4) is 0 Å². The van der Waals surface area contributed by atoms with Gasteiger partial charge in [0.05, 0.1) is 30.5 Å². The SMILES string of the molecule is COc1ccccc1NC(=O)Cc1nc(-c2cccnc2)oc1C. The third kappa shape index (κ3) is 3.43. The molecule has 0 atom stereocenters. The van der Waals surface area contributed by atoms with Crippen LogP contribution in [-0.2, 0) is 11.2 Å². The minimum Gasteiger partial charge on any atom is -0.495 e. The van der Waals surface area contributed by atoms with E-state index in [1.54, 1.807) is 38.6 Å². The number of nitrogens with zero attached hydrogens (tertiary/aromatic N) is 2. The van der Waals surface area contributed by atoms with Crippen LogP contribution in [0.4, 0.5) is 5.69 Å². The number of carbonyl (C=O) groups is 1. The zero-order chi connectivity index (χ0) is 16.9. The summed E-state index contributed by atoms with van der Waals surface area (Å²) in [4.78, 5) is 20.7. The van der Waals surface area contributed by atoms with Crippen LogP contribution in [0, 0.1) is 6.92 Å². The molecule has 0 fully saturated rings. The van der Waals surface area contributed by atoms with E-state index in [1.807, 2.05) is 24.3 Å². The van der Waals surface area contributed by atoms with Crippen molar-refractivity contribution in [2.24, 2.45) is 0 Å². The number of pyridine rings is 1. The molecule has 2 heterocycles. The Kier molecular flexibility index (Phi) is 4.56. The van der Waals surface area contributed by atoms with Crippen LogP contribution in [0.25, 0.3) is 11.5 Å². The third-order valence-corrected chi connectivity index (χ3v) is 3.51. The summed E-state index contributed by atoms with van der Waals surface area (Å²) in [6.45, 7) is 1.79. The Hall–Kier alpha value is -3.15. The molecule has 122 valence electrons. The molecule has 3 rings (SSSR count). The molecule has 1 N–H and O–H groups in total. The van der Waals surface area contributed by atoms with Gasteiger partial charge in [0.1, 0.15) is 11.5 Å². The van der Waals surface area contributed by atoms with Crippen molar-refractivity contribution in [1.82, 2.24) is 9.97 Å². The lowest BCUT2D eigenvalue weighted by Crippen LogP contribution is -2.15. The molecule has 1 amide bonds. The first-order chi connectivity index (χ1) is 11.7. The summed E-state index contributed by atoms with van der Waals surface area (Å²) >= 11 is 0. The molecule has 1 aromatic carbocycles. The number of aromatic nitrogens is 2. The fourth-order valence-electron chi connectivity index (χ4n) is 2.30. The van der Waals surface area contributed by atoms with E-state index in [2.05, 4.69) is 15.3 Å². The van der Waals surface area contributed by atoms with Crippen molar-refractivity contribution in [2.45, 2.75) is 13.3 Å². The molecule has 2 aromatic heterocycles. The van der Waals surface area contributed by atoms with Gasteiger partial charge in [0.25, 0.3) is 0 Å². The lowest BCUT2D eigenvalue weighted by atomic mass is 10.2. The topological polar surface area (TPSA) is 77.2 Å². The second-order valence-electron chi connectivity index (χ2n) is 5.19. The highest BCUT2D eigenvalue weighted by atomic mass is 16.5. The van der Waals surface area contributed by atoms with Gasteiger partial charge in [-0.1, -0.05) is 12.1 Å². The number of ether oxygens (including phenoxy) is 1. The molecule has 0 radical (unpaired) electrons. The Morgan fingerprint density at radius 1 is 1.25 bits per heavy atom. The Morgan fingerprint density at radius 2 is 2.08 bits per heavy atom. The van der Waals surface area contributed by atoms with E-state index in [9.17, 15) is 4.79 Å². The van der Waals surface area contributed by atoms with E-state index >= 15 is 0 Å². The molecular weight excluding hydrogens is 306 g/mol. The van der Waals surface area contributed by atoms with Crippen LogP contribution in [0.15, 0.2) is 53.2 Å². The van der Waals surface area contributed by atoms with E-state index in [1.165, 1.54) is 0 Å². The van der Waals surface area contributed by atoms with Crippen LogP contribution in [0.5, 0.6) is 5.75 Å². The average molecular weight is 323 g/mol. The summed E-state index contributed by atoms with van der Waals surface area (Å²) in [6.07, 6.45) is 3.47. The Balaban J connectivity index is 1.74. The standard InChI is InChI=1S/C18H17N3O3/c1-12-15(21-18(24-12)13-6-5-9-19-11-13)10-17(22)20-14-7-3-4-8-16(14)23-2/h3-9,11H,10H2,1-2H3,(H,20,22). The highest BCUT2D eigenvalue weighted by molar-refractivity contribution is 5.93. The molecule has 6 heteroatoms. The van der Waals surface area contributed by atoms with E-state index < -0.39 is 0 Å². The minimum atomic E-state index is -0.186. The summed E-state index contributed by atoms with van der Waals surface area (Å²) in [5.41, 5.74) is 2.00. The largest absolute Gasteiger partial charge is 0.495 e. The van der Waals surface area contributed by atoms with E-state index in [0.717, 1.165) is 5.56 Å².